The predicted molar refractivity (Wildman–Crippen MR) is 89.6 cm³/mol. The zero-order valence-corrected chi connectivity index (χ0v) is 14.0. The van der Waals surface area contributed by atoms with E-state index in [0.29, 0.717) is 5.69 Å². The van der Waals surface area contributed by atoms with Crippen LogP contribution in [0.3, 0.4) is 0 Å². The number of anilines is 2. The first kappa shape index (κ1) is 16.6. The van der Waals surface area contributed by atoms with Crippen molar-refractivity contribution in [3.8, 4) is 0 Å². The first-order chi connectivity index (χ1) is 11.5. The Morgan fingerprint density at radius 2 is 1.79 bits per heavy atom. The Labute approximate surface area is 145 Å². The second kappa shape index (κ2) is 6.68. The maximum Gasteiger partial charge on any atom is 0.229 e. The third kappa shape index (κ3) is 3.17. The molecule has 124 valence electrons. The van der Waals surface area contributed by atoms with Crippen molar-refractivity contribution >= 4 is 39.1 Å². The highest BCUT2D eigenvalue weighted by Crippen LogP contribution is 2.32. The molecule has 3 rings (SSSR count). The highest BCUT2D eigenvalue weighted by atomic mass is 79.9. The van der Waals surface area contributed by atoms with Gasteiger partial charge in [0.05, 0.1) is 11.6 Å². The van der Waals surface area contributed by atoms with Crippen LogP contribution in [0.15, 0.2) is 46.9 Å². The van der Waals surface area contributed by atoms with Crippen molar-refractivity contribution in [2.75, 3.05) is 16.8 Å². The third-order valence-electron chi connectivity index (χ3n) is 3.85. The highest BCUT2D eigenvalue weighted by molar-refractivity contribution is 9.10. The Morgan fingerprint density at radius 1 is 1.12 bits per heavy atom. The fourth-order valence-electron chi connectivity index (χ4n) is 2.63. The number of carbonyl (C=O) groups is 2. The summed E-state index contributed by atoms with van der Waals surface area (Å²) in [4.78, 5) is 26.0. The molecule has 1 atom stereocenters. The summed E-state index contributed by atoms with van der Waals surface area (Å²) < 4.78 is 28.0. The second-order valence-electron chi connectivity index (χ2n) is 5.44. The van der Waals surface area contributed by atoms with E-state index in [4.69, 9.17) is 0 Å². The number of nitrogens with zero attached hydrogens (tertiary/aromatic N) is 1. The summed E-state index contributed by atoms with van der Waals surface area (Å²) in [6, 6.07) is 10.5. The van der Waals surface area contributed by atoms with Crippen molar-refractivity contribution in [2.45, 2.75) is 6.42 Å². The van der Waals surface area contributed by atoms with E-state index in [1.165, 1.54) is 11.0 Å². The van der Waals surface area contributed by atoms with Gasteiger partial charge in [0.15, 0.2) is 0 Å². The molecule has 1 saturated heterocycles. The van der Waals surface area contributed by atoms with E-state index < -0.39 is 29.1 Å². The van der Waals surface area contributed by atoms with Crippen LogP contribution in [-0.2, 0) is 9.59 Å². The van der Waals surface area contributed by atoms with E-state index in [2.05, 4.69) is 21.2 Å². The second-order valence-corrected chi connectivity index (χ2v) is 6.30. The van der Waals surface area contributed by atoms with Crippen LogP contribution in [0.1, 0.15) is 6.42 Å². The van der Waals surface area contributed by atoms with E-state index in [-0.39, 0.29) is 18.9 Å². The largest absolute Gasteiger partial charge is 0.321 e. The smallest absolute Gasteiger partial charge is 0.229 e. The molecule has 1 unspecified atom stereocenters. The minimum atomic E-state index is -0.852. The molecule has 0 bridgehead atoms. The quantitative estimate of drug-likeness (QED) is 0.862. The van der Waals surface area contributed by atoms with E-state index in [0.717, 1.165) is 16.6 Å². The average Bonchev–Trinajstić information content (AvgIpc) is 2.93. The molecule has 1 aliphatic heterocycles. The van der Waals surface area contributed by atoms with E-state index in [1.54, 1.807) is 18.2 Å². The van der Waals surface area contributed by atoms with Crippen molar-refractivity contribution in [3.63, 3.8) is 0 Å². The standard InChI is InChI=1S/C17H13BrF2N2O2/c18-11-4-1-2-7-14(11)22-9-10(8-15(22)23)17(24)21-16-12(19)5-3-6-13(16)20/h1-7,10H,8-9H2,(H,21,24). The summed E-state index contributed by atoms with van der Waals surface area (Å²) in [5.74, 6) is -3.17. The average molecular weight is 395 g/mol. The molecule has 0 aromatic heterocycles. The van der Waals surface area contributed by atoms with Crippen LogP contribution >= 0.6 is 15.9 Å². The zero-order valence-electron chi connectivity index (χ0n) is 12.4. The van der Waals surface area contributed by atoms with Gasteiger partial charge >= 0.3 is 0 Å². The number of carbonyl (C=O) groups excluding carboxylic acids is 2. The number of hydrogen-bond donors (Lipinski definition) is 1. The van der Waals surface area contributed by atoms with E-state index in [9.17, 15) is 18.4 Å². The van der Waals surface area contributed by atoms with Gasteiger partial charge in [-0.1, -0.05) is 18.2 Å². The lowest BCUT2D eigenvalue weighted by molar-refractivity contribution is -0.122. The van der Waals surface area contributed by atoms with E-state index in [1.807, 2.05) is 6.07 Å². The number of para-hydroxylation sites is 2. The number of amides is 2. The summed E-state index contributed by atoms with van der Waals surface area (Å²) in [5.41, 5.74) is 0.171. The van der Waals surface area contributed by atoms with Crippen LogP contribution in [0.4, 0.5) is 20.2 Å². The molecule has 1 N–H and O–H groups in total. The van der Waals surface area contributed by atoms with Gasteiger partial charge in [0.1, 0.15) is 17.3 Å². The van der Waals surface area contributed by atoms with Gasteiger partial charge in [-0.3, -0.25) is 9.59 Å². The molecule has 1 heterocycles. The van der Waals surface area contributed by atoms with Crippen LogP contribution < -0.4 is 10.2 Å². The molecule has 24 heavy (non-hydrogen) atoms. The Balaban J connectivity index is 1.76. The van der Waals surface area contributed by atoms with Crippen LogP contribution in [0.5, 0.6) is 0 Å². The van der Waals surface area contributed by atoms with Crippen molar-refractivity contribution in [3.05, 3.63) is 58.6 Å². The number of hydrogen-bond acceptors (Lipinski definition) is 2. The molecule has 4 nitrogen and oxygen atoms in total. The molecular weight excluding hydrogens is 382 g/mol. The zero-order chi connectivity index (χ0) is 17.3. The van der Waals surface area contributed by atoms with Gasteiger partial charge in [-0.05, 0) is 40.2 Å². The Kier molecular flexibility index (Phi) is 4.62. The van der Waals surface area contributed by atoms with Gasteiger partial charge in [-0.25, -0.2) is 8.78 Å². The van der Waals surface area contributed by atoms with Gasteiger partial charge in [0.25, 0.3) is 0 Å². The molecule has 7 heteroatoms. The van der Waals surface area contributed by atoms with Crippen molar-refractivity contribution in [1.82, 2.24) is 0 Å². The Bertz CT molecular complexity index is 793. The minimum Gasteiger partial charge on any atom is -0.321 e. The maximum atomic E-state index is 13.6. The maximum absolute atomic E-state index is 13.6. The van der Waals surface area contributed by atoms with Crippen LogP contribution in [0.25, 0.3) is 0 Å². The lowest BCUT2D eigenvalue weighted by Crippen LogP contribution is -2.28. The monoisotopic (exact) mass is 394 g/mol. The molecule has 2 amide bonds. The normalized spacial score (nSPS) is 17.2. The molecular formula is C17H13BrF2N2O2. The predicted octanol–water partition coefficient (Wildman–Crippen LogP) is 3.72. The summed E-state index contributed by atoms with van der Waals surface area (Å²) in [6.45, 7) is 0.156. The molecule has 0 spiro atoms. The Hall–Kier alpha value is -2.28. The molecule has 1 aliphatic rings. The van der Waals surface area contributed by atoms with Crippen LogP contribution in [-0.4, -0.2) is 18.4 Å². The lowest BCUT2D eigenvalue weighted by Gasteiger charge is -2.18. The highest BCUT2D eigenvalue weighted by Gasteiger charge is 2.36. The van der Waals surface area contributed by atoms with Crippen LogP contribution in [0.2, 0.25) is 0 Å². The SMILES string of the molecule is O=C(Nc1c(F)cccc1F)C1CC(=O)N(c2ccccc2Br)C1. The number of benzene rings is 2. The van der Waals surface area contributed by atoms with Crippen molar-refractivity contribution < 1.29 is 18.4 Å². The van der Waals surface area contributed by atoms with Crippen LogP contribution in [0, 0.1) is 17.6 Å². The minimum absolute atomic E-state index is 0.0107. The molecule has 0 saturated carbocycles. The summed E-state index contributed by atoms with van der Waals surface area (Å²) in [7, 11) is 0. The summed E-state index contributed by atoms with van der Waals surface area (Å²) >= 11 is 3.37. The van der Waals surface area contributed by atoms with Crippen molar-refractivity contribution in [1.29, 1.82) is 0 Å². The number of nitrogens with one attached hydrogen (secondary N) is 1. The molecule has 2 aromatic rings. The summed E-state index contributed by atoms with van der Waals surface area (Å²) in [6.07, 6.45) is -0.0107. The topological polar surface area (TPSA) is 49.4 Å². The van der Waals surface area contributed by atoms with Gasteiger partial charge in [-0.2, -0.15) is 0 Å². The lowest BCUT2D eigenvalue weighted by atomic mass is 10.1. The fraction of sp³-hybridized carbons (Fsp3) is 0.176. The number of halogens is 3. The first-order valence-electron chi connectivity index (χ1n) is 7.27. The van der Waals surface area contributed by atoms with Gasteiger partial charge in [0, 0.05) is 17.4 Å². The van der Waals surface area contributed by atoms with Crippen molar-refractivity contribution in [2.24, 2.45) is 5.92 Å². The Morgan fingerprint density at radius 3 is 2.46 bits per heavy atom. The van der Waals surface area contributed by atoms with Gasteiger partial charge in [-0.15, -0.1) is 0 Å². The molecule has 1 fully saturated rings. The fourth-order valence-corrected chi connectivity index (χ4v) is 3.13. The van der Waals surface area contributed by atoms with Gasteiger partial charge < -0.3 is 10.2 Å². The molecule has 2 aromatic carbocycles. The molecule has 0 radical (unpaired) electrons. The third-order valence-corrected chi connectivity index (χ3v) is 4.52. The first-order valence-corrected chi connectivity index (χ1v) is 8.06. The molecule has 0 aliphatic carbocycles. The van der Waals surface area contributed by atoms with E-state index >= 15 is 0 Å². The summed E-state index contributed by atoms with van der Waals surface area (Å²) in [5, 5.41) is 2.25. The van der Waals surface area contributed by atoms with Gasteiger partial charge in [0.2, 0.25) is 11.8 Å². The number of rotatable bonds is 3.